The van der Waals surface area contributed by atoms with Crippen molar-refractivity contribution in [3.63, 3.8) is 0 Å². The van der Waals surface area contributed by atoms with Gasteiger partial charge in [-0.25, -0.2) is 0 Å². The van der Waals surface area contributed by atoms with Crippen LogP contribution in [0.15, 0.2) is 28.7 Å². The van der Waals surface area contributed by atoms with Crippen LogP contribution in [-0.2, 0) is 6.42 Å². The average Bonchev–Trinajstić information content (AvgIpc) is 2.70. The number of halogens is 1. The van der Waals surface area contributed by atoms with Gasteiger partial charge in [-0.3, -0.25) is 0 Å². The molecule has 0 amide bonds. The minimum atomic E-state index is -0.854. The molecule has 0 saturated heterocycles. The van der Waals surface area contributed by atoms with Gasteiger partial charge in [-0.2, -0.15) is 0 Å². The van der Waals surface area contributed by atoms with Crippen LogP contribution in [0.2, 0.25) is 0 Å². The lowest BCUT2D eigenvalue weighted by molar-refractivity contribution is -0.0689. The zero-order chi connectivity index (χ0) is 11.6. The summed E-state index contributed by atoms with van der Waals surface area (Å²) in [5, 5.41) is 20.3. The summed E-state index contributed by atoms with van der Waals surface area (Å²) in [5.74, 6) is 0. The van der Waals surface area contributed by atoms with Crippen molar-refractivity contribution >= 4 is 15.9 Å². The van der Waals surface area contributed by atoms with Crippen molar-refractivity contribution in [2.24, 2.45) is 0 Å². The second-order valence-electron chi connectivity index (χ2n) is 4.66. The van der Waals surface area contributed by atoms with Crippen LogP contribution in [0.4, 0.5) is 0 Å². The van der Waals surface area contributed by atoms with Crippen molar-refractivity contribution in [3.05, 3.63) is 34.3 Å². The molecule has 0 heterocycles. The normalized spacial score (nSPS) is 20.9. The molecule has 3 heteroatoms. The zero-order valence-corrected chi connectivity index (χ0v) is 10.8. The molecule has 0 aliphatic heterocycles. The number of aliphatic hydroxyl groups is 2. The first-order valence-electron chi connectivity index (χ1n) is 5.75. The van der Waals surface area contributed by atoms with Crippen LogP contribution in [-0.4, -0.2) is 21.9 Å². The highest BCUT2D eigenvalue weighted by Crippen LogP contribution is 2.33. The Morgan fingerprint density at radius 3 is 2.31 bits per heavy atom. The highest BCUT2D eigenvalue weighted by Gasteiger charge is 2.38. The Morgan fingerprint density at radius 2 is 1.75 bits per heavy atom. The molecular weight excluding hydrogens is 268 g/mol. The van der Waals surface area contributed by atoms with Gasteiger partial charge in [0.1, 0.15) is 0 Å². The largest absolute Gasteiger partial charge is 0.390 e. The first-order valence-corrected chi connectivity index (χ1v) is 6.54. The van der Waals surface area contributed by atoms with Crippen molar-refractivity contribution in [3.8, 4) is 0 Å². The molecule has 1 aliphatic carbocycles. The van der Waals surface area contributed by atoms with Crippen molar-refractivity contribution in [2.45, 2.75) is 43.8 Å². The van der Waals surface area contributed by atoms with Gasteiger partial charge in [0.05, 0.1) is 11.7 Å². The Hall–Kier alpha value is -0.380. The van der Waals surface area contributed by atoms with E-state index in [4.69, 9.17) is 0 Å². The topological polar surface area (TPSA) is 40.5 Å². The SMILES string of the molecule is OC(Cc1ccc(Br)cc1)C1(O)CCCC1. The molecule has 1 saturated carbocycles. The van der Waals surface area contributed by atoms with E-state index in [1.54, 1.807) is 0 Å². The van der Waals surface area contributed by atoms with E-state index in [-0.39, 0.29) is 0 Å². The molecule has 2 rings (SSSR count). The first-order chi connectivity index (χ1) is 7.60. The fourth-order valence-electron chi connectivity index (χ4n) is 2.35. The summed E-state index contributed by atoms with van der Waals surface area (Å²) in [4.78, 5) is 0. The molecule has 1 unspecified atom stereocenters. The zero-order valence-electron chi connectivity index (χ0n) is 9.19. The summed E-state index contributed by atoms with van der Waals surface area (Å²) in [7, 11) is 0. The van der Waals surface area contributed by atoms with E-state index in [2.05, 4.69) is 15.9 Å². The number of hydrogen-bond donors (Lipinski definition) is 2. The molecule has 2 N–H and O–H groups in total. The predicted molar refractivity (Wildman–Crippen MR) is 67.3 cm³/mol. The molecule has 0 spiro atoms. The van der Waals surface area contributed by atoms with Gasteiger partial charge >= 0.3 is 0 Å². The Kier molecular flexibility index (Phi) is 3.67. The molecule has 2 nitrogen and oxygen atoms in total. The van der Waals surface area contributed by atoms with Gasteiger partial charge in [0.15, 0.2) is 0 Å². The highest BCUT2D eigenvalue weighted by atomic mass is 79.9. The molecule has 88 valence electrons. The quantitative estimate of drug-likeness (QED) is 0.896. The van der Waals surface area contributed by atoms with E-state index in [0.29, 0.717) is 6.42 Å². The molecule has 1 atom stereocenters. The fourth-order valence-corrected chi connectivity index (χ4v) is 2.62. The maximum atomic E-state index is 10.2. The summed E-state index contributed by atoms with van der Waals surface area (Å²) in [6, 6.07) is 7.87. The maximum Gasteiger partial charge on any atom is 0.0908 e. The second kappa shape index (κ2) is 4.86. The monoisotopic (exact) mass is 284 g/mol. The fraction of sp³-hybridized carbons (Fsp3) is 0.538. The number of rotatable bonds is 3. The number of aliphatic hydroxyl groups excluding tert-OH is 1. The van der Waals surface area contributed by atoms with Crippen molar-refractivity contribution < 1.29 is 10.2 Å². The van der Waals surface area contributed by atoms with Crippen LogP contribution in [0.3, 0.4) is 0 Å². The Balaban J connectivity index is 2.01. The maximum absolute atomic E-state index is 10.2. The molecule has 0 bridgehead atoms. The summed E-state index contributed by atoms with van der Waals surface area (Å²) >= 11 is 3.38. The standard InChI is InChI=1S/C13H17BrO2/c14-11-5-3-10(4-6-11)9-12(15)13(16)7-1-2-8-13/h3-6,12,15-16H,1-2,7-9H2. The number of benzene rings is 1. The minimum absolute atomic E-state index is 0.532. The van der Waals surface area contributed by atoms with Gasteiger partial charge in [0.25, 0.3) is 0 Å². The highest BCUT2D eigenvalue weighted by molar-refractivity contribution is 9.10. The van der Waals surface area contributed by atoms with Gasteiger partial charge in [-0.15, -0.1) is 0 Å². The molecule has 16 heavy (non-hydrogen) atoms. The summed E-state index contributed by atoms with van der Waals surface area (Å²) in [5.41, 5.74) is 0.212. The van der Waals surface area contributed by atoms with Gasteiger partial charge in [-0.1, -0.05) is 40.9 Å². The third-order valence-electron chi connectivity index (χ3n) is 3.43. The van der Waals surface area contributed by atoms with Crippen LogP contribution in [0.25, 0.3) is 0 Å². The van der Waals surface area contributed by atoms with Crippen LogP contribution in [0, 0.1) is 0 Å². The first kappa shape index (κ1) is 12.1. The molecule has 1 aromatic rings. The minimum Gasteiger partial charge on any atom is -0.390 e. The van der Waals surface area contributed by atoms with Crippen LogP contribution >= 0.6 is 15.9 Å². The van der Waals surface area contributed by atoms with E-state index in [1.165, 1.54) is 0 Å². The Morgan fingerprint density at radius 1 is 1.19 bits per heavy atom. The van der Waals surface area contributed by atoms with Crippen molar-refractivity contribution in [1.82, 2.24) is 0 Å². The lowest BCUT2D eigenvalue weighted by Crippen LogP contribution is -2.40. The molecule has 1 aromatic carbocycles. The molecule has 1 aliphatic rings. The van der Waals surface area contributed by atoms with Crippen molar-refractivity contribution in [2.75, 3.05) is 0 Å². The van der Waals surface area contributed by atoms with Crippen LogP contribution in [0.1, 0.15) is 31.2 Å². The van der Waals surface area contributed by atoms with Gasteiger partial charge in [-0.05, 0) is 30.5 Å². The molecule has 0 radical (unpaired) electrons. The smallest absolute Gasteiger partial charge is 0.0908 e. The summed E-state index contributed by atoms with van der Waals surface area (Å²) in [6.45, 7) is 0. The number of hydrogen-bond acceptors (Lipinski definition) is 2. The third-order valence-corrected chi connectivity index (χ3v) is 3.96. The van der Waals surface area contributed by atoms with Crippen LogP contribution in [0.5, 0.6) is 0 Å². The van der Waals surface area contributed by atoms with E-state index in [0.717, 1.165) is 35.7 Å². The van der Waals surface area contributed by atoms with E-state index < -0.39 is 11.7 Å². The predicted octanol–water partition coefficient (Wildman–Crippen LogP) is 2.66. The van der Waals surface area contributed by atoms with E-state index in [1.807, 2.05) is 24.3 Å². The van der Waals surface area contributed by atoms with Crippen molar-refractivity contribution in [1.29, 1.82) is 0 Å². The Bertz CT molecular complexity index is 341. The van der Waals surface area contributed by atoms with Gasteiger partial charge in [0.2, 0.25) is 0 Å². The lowest BCUT2D eigenvalue weighted by atomic mass is 9.90. The Labute approximate surface area is 104 Å². The van der Waals surface area contributed by atoms with E-state index in [9.17, 15) is 10.2 Å². The summed E-state index contributed by atoms with van der Waals surface area (Å²) < 4.78 is 1.03. The molecule has 0 aromatic heterocycles. The van der Waals surface area contributed by atoms with Crippen LogP contribution < -0.4 is 0 Å². The second-order valence-corrected chi connectivity index (χ2v) is 5.57. The summed E-state index contributed by atoms with van der Waals surface area (Å²) in [6.07, 6.45) is 3.39. The van der Waals surface area contributed by atoms with E-state index >= 15 is 0 Å². The lowest BCUT2D eigenvalue weighted by Gasteiger charge is -2.28. The molecular formula is C13H17BrO2. The third kappa shape index (κ3) is 2.65. The molecule has 1 fully saturated rings. The van der Waals surface area contributed by atoms with Gasteiger partial charge < -0.3 is 10.2 Å². The van der Waals surface area contributed by atoms with Gasteiger partial charge in [0, 0.05) is 10.9 Å². The average molecular weight is 285 g/mol.